The highest BCUT2D eigenvalue weighted by atomic mass is 32.1. The van der Waals surface area contributed by atoms with E-state index in [1.54, 1.807) is 6.07 Å². The Labute approximate surface area is 156 Å². The van der Waals surface area contributed by atoms with Crippen LogP contribution in [-0.2, 0) is 11.3 Å². The Morgan fingerprint density at radius 2 is 2.07 bits per heavy atom. The second-order valence-electron chi connectivity index (χ2n) is 5.24. The maximum atomic E-state index is 12.4. The first-order chi connectivity index (χ1) is 13.0. The third-order valence-corrected chi connectivity index (χ3v) is 4.35. The van der Waals surface area contributed by atoms with E-state index < -0.39 is 12.6 Å². The van der Waals surface area contributed by atoms with E-state index in [1.807, 2.05) is 13.0 Å². The first kappa shape index (κ1) is 18.8. The van der Waals surface area contributed by atoms with Crippen molar-refractivity contribution in [1.29, 1.82) is 0 Å². The zero-order valence-electron chi connectivity index (χ0n) is 14.3. The van der Waals surface area contributed by atoms with E-state index in [0.29, 0.717) is 10.4 Å². The van der Waals surface area contributed by atoms with Gasteiger partial charge in [0.25, 0.3) is 5.89 Å². The molecule has 0 aliphatic carbocycles. The molecule has 2 heterocycles. The fourth-order valence-corrected chi connectivity index (χ4v) is 2.93. The van der Waals surface area contributed by atoms with Crippen LogP contribution < -0.4 is 9.47 Å². The van der Waals surface area contributed by atoms with Crippen LogP contribution in [-0.4, -0.2) is 29.8 Å². The zero-order valence-corrected chi connectivity index (χ0v) is 15.1. The number of nitrogens with zero attached hydrogens (tertiary/aromatic N) is 2. The number of aromatic nitrogens is 2. The summed E-state index contributed by atoms with van der Waals surface area (Å²) < 4.78 is 44.3. The fourth-order valence-electron chi connectivity index (χ4n) is 2.17. The monoisotopic (exact) mass is 396 g/mol. The zero-order chi connectivity index (χ0) is 19.4. The third kappa shape index (κ3) is 4.59. The van der Waals surface area contributed by atoms with Crippen molar-refractivity contribution in [3.63, 3.8) is 0 Å². The molecule has 27 heavy (non-hydrogen) atoms. The van der Waals surface area contributed by atoms with Gasteiger partial charge < -0.3 is 18.7 Å². The van der Waals surface area contributed by atoms with Gasteiger partial charge in [-0.2, -0.15) is 13.8 Å². The molecule has 0 spiro atoms. The molecule has 0 unspecified atom stereocenters. The second kappa shape index (κ2) is 8.12. The molecule has 0 amide bonds. The number of esters is 1. The molecule has 0 aliphatic rings. The molecule has 0 saturated heterocycles. The van der Waals surface area contributed by atoms with Gasteiger partial charge in [-0.3, -0.25) is 0 Å². The Hall–Kier alpha value is -3.01. The van der Waals surface area contributed by atoms with E-state index in [2.05, 4.69) is 14.9 Å². The molecule has 0 aliphatic heterocycles. The van der Waals surface area contributed by atoms with Crippen molar-refractivity contribution in [2.24, 2.45) is 0 Å². The van der Waals surface area contributed by atoms with E-state index in [1.165, 1.54) is 36.6 Å². The van der Waals surface area contributed by atoms with Crippen molar-refractivity contribution in [2.75, 3.05) is 7.11 Å². The van der Waals surface area contributed by atoms with Gasteiger partial charge in [0.05, 0.1) is 7.11 Å². The van der Waals surface area contributed by atoms with Crippen LogP contribution in [0.5, 0.6) is 11.5 Å². The second-order valence-corrected chi connectivity index (χ2v) is 6.53. The van der Waals surface area contributed by atoms with Crippen molar-refractivity contribution in [3.8, 4) is 22.9 Å². The van der Waals surface area contributed by atoms with Crippen molar-refractivity contribution < 1.29 is 32.3 Å². The van der Waals surface area contributed by atoms with Gasteiger partial charge in [0.1, 0.15) is 4.88 Å². The van der Waals surface area contributed by atoms with E-state index in [0.717, 1.165) is 4.88 Å². The molecule has 10 heteroatoms. The number of aryl methyl sites for hydroxylation is 1. The number of benzene rings is 1. The van der Waals surface area contributed by atoms with Crippen LogP contribution in [0.25, 0.3) is 11.4 Å². The van der Waals surface area contributed by atoms with Crippen LogP contribution in [0.3, 0.4) is 0 Å². The number of alkyl halides is 2. The Bertz CT molecular complexity index is 941. The molecule has 7 nitrogen and oxygen atoms in total. The molecule has 0 saturated carbocycles. The van der Waals surface area contributed by atoms with E-state index in [9.17, 15) is 13.6 Å². The maximum Gasteiger partial charge on any atom is 0.387 e. The predicted molar refractivity (Wildman–Crippen MR) is 91.1 cm³/mol. The van der Waals surface area contributed by atoms with Crippen molar-refractivity contribution in [2.45, 2.75) is 20.1 Å². The van der Waals surface area contributed by atoms with Gasteiger partial charge in [0.2, 0.25) is 5.82 Å². The number of methoxy groups -OCH3 is 1. The molecule has 0 N–H and O–H groups in total. The number of hydrogen-bond acceptors (Lipinski definition) is 8. The van der Waals surface area contributed by atoms with Crippen molar-refractivity contribution >= 4 is 17.3 Å². The molecule has 142 valence electrons. The van der Waals surface area contributed by atoms with Crippen molar-refractivity contribution in [3.05, 3.63) is 46.0 Å². The maximum absolute atomic E-state index is 12.4. The smallest absolute Gasteiger partial charge is 0.387 e. The number of carbonyl (C=O) groups is 1. The lowest BCUT2D eigenvalue weighted by Crippen LogP contribution is -2.03. The Balaban J connectivity index is 1.69. The molecular formula is C17H14F2N2O5S. The Morgan fingerprint density at radius 3 is 2.74 bits per heavy atom. The van der Waals surface area contributed by atoms with Gasteiger partial charge in [-0.05, 0) is 37.3 Å². The topological polar surface area (TPSA) is 83.7 Å². The number of halogens is 2. The quantitative estimate of drug-likeness (QED) is 0.557. The molecule has 0 atom stereocenters. The van der Waals surface area contributed by atoms with Crippen LogP contribution in [0, 0.1) is 6.92 Å². The first-order valence-electron chi connectivity index (χ1n) is 7.65. The number of rotatable bonds is 7. The third-order valence-electron chi connectivity index (χ3n) is 3.37. The van der Waals surface area contributed by atoms with Crippen LogP contribution >= 0.6 is 11.3 Å². The molecule has 0 bridgehead atoms. The van der Waals surface area contributed by atoms with E-state index in [-0.39, 0.29) is 29.8 Å². The van der Waals surface area contributed by atoms with E-state index in [4.69, 9.17) is 14.0 Å². The minimum absolute atomic E-state index is 0.0958. The Kier molecular flexibility index (Phi) is 5.65. The first-order valence-corrected chi connectivity index (χ1v) is 8.47. The normalized spacial score (nSPS) is 10.9. The molecule has 3 aromatic rings. The summed E-state index contributed by atoms with van der Waals surface area (Å²) in [5.41, 5.74) is 0.462. The summed E-state index contributed by atoms with van der Waals surface area (Å²) >= 11 is 1.32. The Morgan fingerprint density at radius 1 is 1.26 bits per heavy atom. The summed E-state index contributed by atoms with van der Waals surface area (Å²) in [5.74, 6) is -0.213. The number of carbonyl (C=O) groups excluding carboxylic acids is 1. The lowest BCUT2D eigenvalue weighted by atomic mass is 10.2. The lowest BCUT2D eigenvalue weighted by molar-refractivity contribution is -0.0512. The average Bonchev–Trinajstić information content (AvgIpc) is 3.28. The fraction of sp³-hybridized carbons (Fsp3) is 0.235. The standard InChI is InChI=1S/C17H14F2N2O5S/c1-9-3-6-13(27-9)16(22)24-8-14-20-15(21-26-14)10-4-5-11(25-17(18)19)12(7-10)23-2/h3-7,17H,8H2,1-2H3. The molecular weight excluding hydrogens is 382 g/mol. The van der Waals surface area contributed by atoms with Crippen LogP contribution in [0.4, 0.5) is 8.78 Å². The highest BCUT2D eigenvalue weighted by Gasteiger charge is 2.16. The summed E-state index contributed by atoms with van der Waals surface area (Å²) in [7, 11) is 1.32. The average molecular weight is 396 g/mol. The van der Waals surface area contributed by atoms with Gasteiger partial charge in [-0.25, -0.2) is 4.79 Å². The van der Waals surface area contributed by atoms with E-state index >= 15 is 0 Å². The predicted octanol–water partition coefficient (Wildman–Crippen LogP) is 4.07. The number of hydrogen-bond donors (Lipinski definition) is 0. The molecule has 3 rings (SSSR count). The molecule has 1 aromatic carbocycles. The highest BCUT2D eigenvalue weighted by molar-refractivity contribution is 7.13. The van der Waals surface area contributed by atoms with Crippen molar-refractivity contribution in [1.82, 2.24) is 10.1 Å². The largest absolute Gasteiger partial charge is 0.493 e. The molecule has 0 fully saturated rings. The van der Waals surface area contributed by atoms with Crippen LogP contribution in [0.2, 0.25) is 0 Å². The van der Waals surface area contributed by atoms with Gasteiger partial charge in [0.15, 0.2) is 18.1 Å². The lowest BCUT2D eigenvalue weighted by Gasteiger charge is -2.10. The molecule has 2 aromatic heterocycles. The SMILES string of the molecule is COc1cc(-c2noc(COC(=O)c3ccc(C)s3)n2)ccc1OC(F)F. The highest BCUT2D eigenvalue weighted by Crippen LogP contribution is 2.32. The van der Waals surface area contributed by atoms with Crippen LogP contribution in [0.15, 0.2) is 34.9 Å². The summed E-state index contributed by atoms with van der Waals surface area (Å²) in [4.78, 5) is 17.5. The summed E-state index contributed by atoms with van der Waals surface area (Å²) in [6, 6.07) is 7.73. The summed E-state index contributed by atoms with van der Waals surface area (Å²) in [6.45, 7) is -1.27. The minimum Gasteiger partial charge on any atom is -0.493 e. The van der Waals surface area contributed by atoms with Gasteiger partial charge >= 0.3 is 12.6 Å². The van der Waals surface area contributed by atoms with Gasteiger partial charge in [-0.1, -0.05) is 5.16 Å². The van der Waals surface area contributed by atoms with Gasteiger partial charge in [-0.15, -0.1) is 11.3 Å². The number of ether oxygens (including phenoxy) is 3. The minimum atomic E-state index is -2.97. The number of thiophene rings is 1. The van der Waals surface area contributed by atoms with Gasteiger partial charge in [0, 0.05) is 10.4 Å². The van der Waals surface area contributed by atoms with Crippen LogP contribution in [0.1, 0.15) is 20.4 Å². The molecule has 0 radical (unpaired) electrons. The summed E-state index contributed by atoms with van der Waals surface area (Å²) in [5, 5.41) is 3.79. The summed E-state index contributed by atoms with van der Waals surface area (Å²) in [6.07, 6.45) is 0.